The summed E-state index contributed by atoms with van der Waals surface area (Å²) in [4.78, 5) is 25.4. The van der Waals surface area contributed by atoms with Crippen LogP contribution in [-0.2, 0) is 9.59 Å². The van der Waals surface area contributed by atoms with E-state index in [2.05, 4.69) is 10.6 Å². The van der Waals surface area contributed by atoms with Crippen molar-refractivity contribution in [1.29, 1.82) is 0 Å². The summed E-state index contributed by atoms with van der Waals surface area (Å²) in [6, 6.07) is 22.2. The van der Waals surface area contributed by atoms with Gasteiger partial charge in [-0.05, 0) is 75.2 Å². The molecule has 0 bridgehead atoms. The predicted molar refractivity (Wildman–Crippen MR) is 135 cm³/mol. The maximum absolute atomic E-state index is 12.7. The van der Waals surface area contributed by atoms with Gasteiger partial charge in [0, 0.05) is 11.4 Å². The summed E-state index contributed by atoms with van der Waals surface area (Å²) in [5.41, 5.74) is 3.50. The summed E-state index contributed by atoms with van der Waals surface area (Å²) in [7, 11) is 0. The summed E-state index contributed by atoms with van der Waals surface area (Å²) in [5.74, 6) is 0.864. The number of benzene rings is 3. The average Bonchev–Trinajstić information content (AvgIpc) is 2.84. The number of hydrogen-bond donors (Lipinski definition) is 2. The SMILES string of the molecule is CC[C@H](Oc1ccc(C)cc1)C(=O)Nc1ccc(NC(=O)[C@H](CC)Oc2ccc(C)cc2)cc1. The molecule has 0 aliphatic heterocycles. The zero-order chi connectivity index (χ0) is 24.5. The van der Waals surface area contributed by atoms with Crippen molar-refractivity contribution in [3.63, 3.8) is 0 Å². The number of amides is 2. The van der Waals surface area contributed by atoms with Crippen LogP contribution in [0, 0.1) is 13.8 Å². The van der Waals surface area contributed by atoms with Gasteiger partial charge < -0.3 is 20.1 Å². The molecule has 0 saturated carbocycles. The molecule has 0 aliphatic carbocycles. The molecule has 6 nitrogen and oxygen atoms in total. The number of nitrogens with one attached hydrogen (secondary N) is 2. The molecule has 2 N–H and O–H groups in total. The molecule has 0 fully saturated rings. The van der Waals surface area contributed by atoms with Gasteiger partial charge in [0.1, 0.15) is 11.5 Å². The van der Waals surface area contributed by atoms with Crippen LogP contribution in [0.25, 0.3) is 0 Å². The van der Waals surface area contributed by atoms with Crippen LogP contribution in [0.4, 0.5) is 11.4 Å². The van der Waals surface area contributed by atoms with Gasteiger partial charge in [-0.3, -0.25) is 9.59 Å². The van der Waals surface area contributed by atoms with Crippen LogP contribution in [0.5, 0.6) is 11.5 Å². The van der Waals surface area contributed by atoms with E-state index in [0.717, 1.165) is 11.1 Å². The first kappa shape index (κ1) is 24.8. The second kappa shape index (κ2) is 11.9. The highest BCUT2D eigenvalue weighted by Crippen LogP contribution is 2.19. The van der Waals surface area contributed by atoms with Crippen molar-refractivity contribution in [3.05, 3.63) is 83.9 Å². The smallest absolute Gasteiger partial charge is 0.265 e. The third-order valence-electron chi connectivity index (χ3n) is 5.35. The van der Waals surface area contributed by atoms with Gasteiger partial charge in [0.15, 0.2) is 12.2 Å². The second-order valence-corrected chi connectivity index (χ2v) is 8.21. The zero-order valence-electron chi connectivity index (χ0n) is 20.1. The molecule has 3 rings (SSSR count). The molecular formula is C28H32N2O4. The maximum atomic E-state index is 12.7. The van der Waals surface area contributed by atoms with Crippen LogP contribution >= 0.6 is 0 Å². The van der Waals surface area contributed by atoms with E-state index < -0.39 is 12.2 Å². The molecule has 0 spiro atoms. The van der Waals surface area contributed by atoms with E-state index in [0.29, 0.717) is 35.7 Å². The van der Waals surface area contributed by atoms with Crippen molar-refractivity contribution >= 4 is 23.2 Å². The number of rotatable bonds is 10. The first-order valence-electron chi connectivity index (χ1n) is 11.6. The van der Waals surface area contributed by atoms with E-state index in [1.807, 2.05) is 76.2 Å². The van der Waals surface area contributed by atoms with Crippen molar-refractivity contribution in [2.45, 2.75) is 52.7 Å². The largest absolute Gasteiger partial charge is 0.481 e. The molecule has 0 aliphatic rings. The minimum atomic E-state index is -0.605. The molecule has 0 aromatic heterocycles. The molecule has 2 atom stereocenters. The molecule has 0 unspecified atom stereocenters. The quantitative estimate of drug-likeness (QED) is 0.395. The summed E-state index contributed by atoms with van der Waals surface area (Å²) in [6.07, 6.45) is -0.141. The molecule has 0 heterocycles. The molecule has 34 heavy (non-hydrogen) atoms. The lowest BCUT2D eigenvalue weighted by Crippen LogP contribution is -2.32. The van der Waals surface area contributed by atoms with Crippen molar-refractivity contribution in [1.82, 2.24) is 0 Å². The van der Waals surface area contributed by atoms with E-state index in [4.69, 9.17) is 9.47 Å². The number of anilines is 2. The Morgan fingerprint density at radius 1 is 0.618 bits per heavy atom. The van der Waals surface area contributed by atoms with E-state index in [9.17, 15) is 9.59 Å². The lowest BCUT2D eigenvalue weighted by molar-refractivity contribution is -0.123. The highest BCUT2D eigenvalue weighted by molar-refractivity contribution is 5.96. The van der Waals surface area contributed by atoms with Crippen molar-refractivity contribution < 1.29 is 19.1 Å². The fraction of sp³-hybridized carbons (Fsp3) is 0.286. The van der Waals surface area contributed by atoms with E-state index in [1.54, 1.807) is 24.3 Å². The van der Waals surface area contributed by atoms with Crippen LogP contribution in [0.15, 0.2) is 72.8 Å². The predicted octanol–water partition coefficient (Wildman–Crippen LogP) is 5.90. The van der Waals surface area contributed by atoms with E-state index in [1.165, 1.54) is 0 Å². The minimum Gasteiger partial charge on any atom is -0.481 e. The van der Waals surface area contributed by atoms with Gasteiger partial charge in [0.2, 0.25) is 0 Å². The maximum Gasteiger partial charge on any atom is 0.265 e. The fourth-order valence-corrected chi connectivity index (χ4v) is 3.29. The minimum absolute atomic E-state index is 0.225. The van der Waals surface area contributed by atoms with Crippen molar-refractivity contribution in [2.75, 3.05) is 10.6 Å². The average molecular weight is 461 g/mol. The number of ether oxygens (including phenoxy) is 2. The molecule has 178 valence electrons. The Kier molecular flexibility index (Phi) is 8.68. The molecule has 6 heteroatoms. The highest BCUT2D eigenvalue weighted by Gasteiger charge is 2.20. The van der Waals surface area contributed by atoms with Gasteiger partial charge in [-0.15, -0.1) is 0 Å². The monoisotopic (exact) mass is 460 g/mol. The van der Waals surface area contributed by atoms with Gasteiger partial charge in [-0.1, -0.05) is 49.2 Å². The van der Waals surface area contributed by atoms with Gasteiger partial charge in [-0.25, -0.2) is 0 Å². The second-order valence-electron chi connectivity index (χ2n) is 8.21. The van der Waals surface area contributed by atoms with Gasteiger partial charge in [0.25, 0.3) is 11.8 Å². The number of aryl methyl sites for hydroxylation is 2. The highest BCUT2D eigenvalue weighted by atomic mass is 16.5. The molecule has 2 amide bonds. The Balaban J connectivity index is 1.55. The normalized spacial score (nSPS) is 12.4. The van der Waals surface area contributed by atoms with Crippen LogP contribution in [-0.4, -0.2) is 24.0 Å². The Hall–Kier alpha value is -3.80. The molecular weight excluding hydrogens is 428 g/mol. The third kappa shape index (κ3) is 7.10. The summed E-state index contributed by atoms with van der Waals surface area (Å²) >= 11 is 0. The lowest BCUT2D eigenvalue weighted by atomic mass is 10.2. The van der Waals surface area contributed by atoms with Gasteiger partial charge in [0.05, 0.1) is 0 Å². The zero-order valence-corrected chi connectivity index (χ0v) is 20.1. The summed E-state index contributed by atoms with van der Waals surface area (Å²) in [5, 5.41) is 5.75. The van der Waals surface area contributed by atoms with E-state index >= 15 is 0 Å². The Bertz CT molecular complexity index is 988. The van der Waals surface area contributed by atoms with Crippen molar-refractivity contribution in [3.8, 4) is 11.5 Å². The number of carbonyl (C=O) groups is 2. The first-order valence-corrected chi connectivity index (χ1v) is 11.6. The Morgan fingerprint density at radius 2 is 0.941 bits per heavy atom. The standard InChI is InChI=1S/C28H32N2O4/c1-5-25(33-23-15-7-19(3)8-16-23)27(31)29-21-11-13-22(14-12-21)30-28(32)26(6-2)34-24-17-9-20(4)10-18-24/h7-18,25-26H,5-6H2,1-4H3,(H,29,31)(H,30,32)/t25-,26-/m0/s1. The fourth-order valence-electron chi connectivity index (χ4n) is 3.29. The molecule has 3 aromatic rings. The van der Waals surface area contributed by atoms with Crippen LogP contribution < -0.4 is 20.1 Å². The first-order chi connectivity index (χ1) is 16.4. The third-order valence-corrected chi connectivity index (χ3v) is 5.35. The molecule has 0 radical (unpaired) electrons. The topological polar surface area (TPSA) is 76.7 Å². The van der Waals surface area contributed by atoms with Crippen LogP contribution in [0.3, 0.4) is 0 Å². The van der Waals surface area contributed by atoms with E-state index in [-0.39, 0.29) is 11.8 Å². The lowest BCUT2D eigenvalue weighted by Gasteiger charge is -2.18. The Labute approximate surface area is 201 Å². The van der Waals surface area contributed by atoms with Crippen LogP contribution in [0.1, 0.15) is 37.8 Å². The Morgan fingerprint density at radius 3 is 1.24 bits per heavy atom. The van der Waals surface area contributed by atoms with Gasteiger partial charge in [-0.2, -0.15) is 0 Å². The summed E-state index contributed by atoms with van der Waals surface area (Å²) in [6.45, 7) is 7.80. The molecule has 3 aromatic carbocycles. The van der Waals surface area contributed by atoms with Crippen molar-refractivity contribution in [2.24, 2.45) is 0 Å². The number of carbonyl (C=O) groups excluding carboxylic acids is 2. The summed E-state index contributed by atoms with van der Waals surface area (Å²) < 4.78 is 11.7. The van der Waals surface area contributed by atoms with Gasteiger partial charge >= 0.3 is 0 Å². The van der Waals surface area contributed by atoms with Crippen LogP contribution in [0.2, 0.25) is 0 Å². The number of hydrogen-bond acceptors (Lipinski definition) is 4. The molecule has 0 saturated heterocycles.